The molecule has 0 heterocycles. The Morgan fingerprint density at radius 2 is 1.24 bits per heavy atom. The summed E-state index contributed by atoms with van der Waals surface area (Å²) in [5.41, 5.74) is 6.02. The smallest absolute Gasteiger partial charge is 1.00 e. The molecule has 0 spiro atoms. The minimum absolute atomic E-state index is 0. The van der Waals surface area contributed by atoms with Crippen molar-refractivity contribution < 1.29 is 26.5 Å². The molecule has 0 aromatic heterocycles. The Balaban J connectivity index is 0.00000137. The second kappa shape index (κ2) is 10.6. The average Bonchev–Trinajstić information content (AvgIpc) is 3.52. The summed E-state index contributed by atoms with van der Waals surface area (Å²) in [6.07, 6.45) is 9.34. The van der Waals surface area contributed by atoms with Gasteiger partial charge in [0, 0.05) is 0 Å². The molecule has 0 saturated carbocycles. The molecule has 0 aliphatic heterocycles. The van der Waals surface area contributed by atoms with E-state index in [2.05, 4.69) is 121 Å². The van der Waals surface area contributed by atoms with E-state index >= 15 is 0 Å². The second-order valence-corrected chi connectivity index (χ2v) is 19.1. The summed E-state index contributed by atoms with van der Waals surface area (Å²) in [6.45, 7) is -1.42. The molecule has 0 atom stereocenters. The maximum Gasteiger partial charge on any atom is -1.00 e. The van der Waals surface area contributed by atoms with Crippen LogP contribution in [0.4, 0.5) is 0 Å². The number of halogens is 2. The maximum atomic E-state index is 2.49. The van der Waals surface area contributed by atoms with Crippen LogP contribution in [0.25, 0.3) is 11.1 Å². The van der Waals surface area contributed by atoms with Crippen LogP contribution in [0.2, 0.25) is 0 Å². The summed E-state index contributed by atoms with van der Waals surface area (Å²) in [5, 5.41) is 3.18. The molecule has 0 unspecified atom stereocenters. The summed E-state index contributed by atoms with van der Waals surface area (Å²) < 4.78 is 3.44. The van der Waals surface area contributed by atoms with Crippen molar-refractivity contribution in [1.82, 2.24) is 0 Å². The fourth-order valence-corrected chi connectivity index (χ4v) is 21.2. The van der Waals surface area contributed by atoms with Gasteiger partial charge in [-0.25, -0.2) is 0 Å². The van der Waals surface area contributed by atoms with Crippen molar-refractivity contribution in [3.05, 3.63) is 136 Å². The zero-order valence-corrected chi connectivity index (χ0v) is 21.5. The molecule has 0 bridgehead atoms. The van der Waals surface area contributed by atoms with Gasteiger partial charge in [0.25, 0.3) is 0 Å². The van der Waals surface area contributed by atoms with E-state index in [9.17, 15) is 0 Å². The summed E-state index contributed by atoms with van der Waals surface area (Å²) >= 11 is -1.83. The first-order chi connectivity index (χ1) is 15.9. The molecule has 6 rings (SSSR count). The van der Waals surface area contributed by atoms with Crippen LogP contribution in [-0.4, -0.2) is 6.66 Å². The predicted octanol–water partition coefficient (Wildman–Crippen LogP) is -1.11. The molecule has 4 aromatic carbocycles. The van der Waals surface area contributed by atoms with E-state index in [1.807, 2.05) is 0 Å². The van der Waals surface area contributed by atoms with Crippen molar-refractivity contribution in [3.8, 4) is 11.1 Å². The molecular formula is C30H25F2SiTi. The average molecular weight is 499 g/mol. The van der Waals surface area contributed by atoms with E-state index in [-0.39, 0.29) is 9.41 Å². The van der Waals surface area contributed by atoms with Gasteiger partial charge in [-0.1, -0.05) is 0 Å². The first-order valence-electron chi connectivity index (χ1n) is 11.4. The minimum atomic E-state index is -1.83. The number of allylic oxidation sites excluding steroid dienone is 4. The summed E-state index contributed by atoms with van der Waals surface area (Å²) in [4.78, 5) is 0. The standard InChI is InChI=1S/C13H9.C12H11Si.C5H5.2FH.Ti/c1-3-7-12-10(5-1)9-11-6-2-4-8-13(11)12;1-3-7-11(8-4-1)13-12-9-5-2-6-10-12;1-2-4-5-3-1;;;/h1-5,7-8H,9H2;1-10,13H;1-3H,4H2;2*1H;/q;;;;;+2/p-2. The van der Waals surface area contributed by atoms with E-state index in [1.54, 1.807) is 23.7 Å². The summed E-state index contributed by atoms with van der Waals surface area (Å²) in [7, 11) is 0. The topological polar surface area (TPSA) is 0 Å². The fraction of sp³-hybridized carbons (Fsp3) is 0.0667. The second-order valence-electron chi connectivity index (χ2n) is 8.66. The summed E-state index contributed by atoms with van der Waals surface area (Å²) in [5.74, 6) is 0. The van der Waals surface area contributed by atoms with Crippen LogP contribution in [0, 0.1) is 0 Å². The Kier molecular flexibility index (Phi) is 7.57. The Morgan fingerprint density at radius 3 is 1.88 bits per heavy atom. The van der Waals surface area contributed by atoms with Gasteiger partial charge in [0.1, 0.15) is 0 Å². The zero-order valence-electron chi connectivity index (χ0n) is 18.8. The van der Waals surface area contributed by atoms with Crippen LogP contribution >= 0.6 is 0 Å². The number of hydrogen-bond acceptors (Lipinski definition) is 0. The van der Waals surface area contributed by atoms with Crippen LogP contribution in [0.5, 0.6) is 0 Å². The van der Waals surface area contributed by atoms with Crippen molar-refractivity contribution >= 4 is 20.9 Å². The molecule has 34 heavy (non-hydrogen) atoms. The van der Waals surface area contributed by atoms with Gasteiger partial charge in [0.05, 0.1) is 0 Å². The normalized spacial score (nSPS) is 12.9. The molecule has 0 fully saturated rings. The van der Waals surface area contributed by atoms with Gasteiger partial charge in [0.2, 0.25) is 0 Å². The van der Waals surface area contributed by atoms with E-state index in [4.69, 9.17) is 0 Å². The Morgan fingerprint density at radius 1 is 0.618 bits per heavy atom. The molecule has 0 radical (unpaired) electrons. The molecule has 2 aliphatic carbocycles. The summed E-state index contributed by atoms with van der Waals surface area (Å²) in [6, 6.07) is 39.0. The van der Waals surface area contributed by atoms with E-state index in [0.717, 1.165) is 12.8 Å². The fourth-order valence-electron chi connectivity index (χ4n) is 5.39. The van der Waals surface area contributed by atoms with E-state index < -0.39 is 23.8 Å². The van der Waals surface area contributed by atoms with Gasteiger partial charge in [-0.05, 0) is 0 Å². The van der Waals surface area contributed by atoms with Gasteiger partial charge < -0.3 is 9.41 Å². The van der Waals surface area contributed by atoms with E-state index in [0.29, 0.717) is 0 Å². The van der Waals surface area contributed by atoms with Crippen molar-refractivity contribution in [1.29, 1.82) is 0 Å². The zero-order chi connectivity index (χ0) is 21.3. The first kappa shape index (κ1) is 24.3. The molecular weight excluding hydrogens is 474 g/mol. The van der Waals surface area contributed by atoms with Crippen molar-refractivity contribution in [2.24, 2.45) is 0 Å². The third-order valence-electron chi connectivity index (χ3n) is 6.81. The first-order valence-corrected chi connectivity index (χ1v) is 17.4. The van der Waals surface area contributed by atoms with Crippen molar-refractivity contribution in [2.45, 2.75) is 12.8 Å². The Hall–Kier alpha value is -2.85. The number of fused-ring (bicyclic) bond motifs is 3. The van der Waals surface area contributed by atoms with Crippen molar-refractivity contribution in [3.63, 3.8) is 0 Å². The van der Waals surface area contributed by atoms with Crippen LogP contribution in [0.3, 0.4) is 0 Å². The SMILES string of the molecule is C1=CC[C]([Ti+2]([c]2cccc3c2Cc2ccccc2-3)[SiH](c2ccccc2)c2ccccc2)=C1.[F-].[F-]. The number of hydrogen-bond donors (Lipinski definition) is 0. The number of rotatable bonds is 5. The monoisotopic (exact) mass is 499 g/mol. The van der Waals surface area contributed by atoms with E-state index in [1.165, 1.54) is 16.7 Å². The Labute approximate surface area is 207 Å². The third kappa shape index (κ3) is 4.32. The largest absolute Gasteiger partial charge is 1.00 e. The third-order valence-corrected chi connectivity index (χ3v) is 21.4. The Bertz CT molecular complexity index is 1290. The molecule has 0 N–H and O–H groups in total. The number of benzene rings is 4. The van der Waals surface area contributed by atoms with Crippen LogP contribution in [-0.2, 0) is 23.5 Å². The predicted molar refractivity (Wildman–Crippen MR) is 135 cm³/mol. The molecule has 0 amide bonds. The van der Waals surface area contributed by atoms with Gasteiger partial charge in [0.15, 0.2) is 0 Å². The molecule has 4 heteroatoms. The van der Waals surface area contributed by atoms with Gasteiger partial charge in [-0.15, -0.1) is 0 Å². The van der Waals surface area contributed by atoms with Crippen LogP contribution < -0.4 is 23.7 Å². The van der Waals surface area contributed by atoms with Crippen LogP contribution in [0.15, 0.2) is 125 Å². The van der Waals surface area contributed by atoms with Gasteiger partial charge in [-0.3, -0.25) is 0 Å². The van der Waals surface area contributed by atoms with Crippen molar-refractivity contribution in [2.75, 3.05) is 0 Å². The molecule has 167 valence electrons. The quantitative estimate of drug-likeness (QED) is 0.269. The van der Waals surface area contributed by atoms with Crippen LogP contribution in [0.1, 0.15) is 17.5 Å². The maximum absolute atomic E-state index is 2.49. The molecule has 2 aliphatic rings. The molecule has 0 nitrogen and oxygen atoms in total. The van der Waals surface area contributed by atoms with Gasteiger partial charge in [-0.2, -0.15) is 0 Å². The minimum Gasteiger partial charge on any atom is -1.00 e. The molecule has 4 aromatic rings. The molecule has 0 saturated heterocycles. The van der Waals surface area contributed by atoms with Gasteiger partial charge >= 0.3 is 198 Å².